The van der Waals surface area contributed by atoms with Crippen LogP contribution in [0, 0.1) is 0 Å². The van der Waals surface area contributed by atoms with Gasteiger partial charge in [0.2, 0.25) is 0 Å². The molecule has 0 aromatic carbocycles. The van der Waals surface area contributed by atoms with Crippen molar-refractivity contribution in [1.29, 1.82) is 0 Å². The van der Waals surface area contributed by atoms with Gasteiger partial charge in [0.25, 0.3) is 0 Å². The molecule has 1 rings (SSSR count). The molecule has 0 aliphatic rings. The maximum absolute atomic E-state index is 4.13. The Morgan fingerprint density at radius 1 is 1.40 bits per heavy atom. The molecule has 2 heteroatoms. The number of aryl methyl sites for hydroxylation is 1. The zero-order valence-electron chi connectivity index (χ0n) is 9.87. The van der Waals surface area contributed by atoms with Gasteiger partial charge >= 0.3 is 0 Å². The van der Waals surface area contributed by atoms with Crippen molar-refractivity contribution >= 4 is 0 Å². The summed E-state index contributed by atoms with van der Waals surface area (Å²) in [7, 11) is 2.06. The number of nitrogens with zero attached hydrogens (tertiary/aromatic N) is 1. The second-order valence-corrected chi connectivity index (χ2v) is 4.03. The molecular formula is C13H22N2. The van der Waals surface area contributed by atoms with Crippen molar-refractivity contribution in [3.63, 3.8) is 0 Å². The van der Waals surface area contributed by atoms with Gasteiger partial charge in [-0.3, -0.25) is 4.98 Å². The van der Waals surface area contributed by atoms with Crippen molar-refractivity contribution in [1.82, 2.24) is 10.3 Å². The quantitative estimate of drug-likeness (QED) is 0.742. The van der Waals surface area contributed by atoms with Crippen molar-refractivity contribution in [2.24, 2.45) is 0 Å². The fourth-order valence-corrected chi connectivity index (χ4v) is 1.77. The monoisotopic (exact) mass is 206 g/mol. The van der Waals surface area contributed by atoms with Crippen LogP contribution in [0.1, 0.15) is 38.2 Å². The zero-order valence-corrected chi connectivity index (χ0v) is 9.87. The number of rotatable bonds is 7. The lowest BCUT2D eigenvalue weighted by Crippen LogP contribution is -2.25. The summed E-state index contributed by atoms with van der Waals surface area (Å²) in [5, 5.41) is 3.39. The number of hydrogen-bond acceptors (Lipinski definition) is 2. The summed E-state index contributed by atoms with van der Waals surface area (Å²) < 4.78 is 0. The first-order chi connectivity index (χ1) is 7.36. The summed E-state index contributed by atoms with van der Waals surface area (Å²) in [4.78, 5) is 4.13. The molecule has 2 nitrogen and oxygen atoms in total. The molecule has 0 fully saturated rings. The van der Waals surface area contributed by atoms with Crippen LogP contribution in [-0.4, -0.2) is 18.1 Å². The number of unbranched alkanes of at least 4 members (excludes halogenated alkanes) is 1. The average Bonchev–Trinajstić information content (AvgIpc) is 2.31. The van der Waals surface area contributed by atoms with E-state index in [4.69, 9.17) is 0 Å². The molecule has 1 aromatic rings. The number of pyridine rings is 1. The molecule has 0 saturated carbocycles. The van der Waals surface area contributed by atoms with Crippen molar-refractivity contribution in [3.8, 4) is 0 Å². The lowest BCUT2D eigenvalue weighted by molar-refractivity contribution is 0.471. The summed E-state index contributed by atoms with van der Waals surface area (Å²) in [5.41, 5.74) is 1.34. The summed E-state index contributed by atoms with van der Waals surface area (Å²) in [6.45, 7) is 2.24. The van der Waals surface area contributed by atoms with Gasteiger partial charge in [0, 0.05) is 18.4 Å². The van der Waals surface area contributed by atoms with Crippen LogP contribution in [0.3, 0.4) is 0 Å². The minimum absolute atomic E-state index is 0.658. The average molecular weight is 206 g/mol. The molecule has 1 aromatic heterocycles. The number of aromatic nitrogens is 1. The van der Waals surface area contributed by atoms with Gasteiger partial charge in [-0.25, -0.2) is 0 Å². The van der Waals surface area contributed by atoms with E-state index in [-0.39, 0.29) is 0 Å². The maximum Gasteiger partial charge on any atom is 0.0299 e. The SMILES string of the molecule is CCCCC(CCc1cccnc1)NC. The second kappa shape index (κ2) is 7.41. The van der Waals surface area contributed by atoms with Crippen LogP contribution in [0.5, 0.6) is 0 Å². The first kappa shape index (κ1) is 12.2. The van der Waals surface area contributed by atoms with E-state index in [0.717, 1.165) is 6.42 Å². The summed E-state index contributed by atoms with van der Waals surface area (Å²) in [6.07, 6.45) is 10.0. The maximum atomic E-state index is 4.13. The standard InChI is InChI=1S/C13H22N2/c1-3-4-7-13(14-2)9-8-12-6-5-10-15-11-12/h5-6,10-11,13-14H,3-4,7-9H2,1-2H3. The molecule has 1 heterocycles. The summed E-state index contributed by atoms with van der Waals surface area (Å²) in [5.74, 6) is 0. The fourth-order valence-electron chi connectivity index (χ4n) is 1.77. The summed E-state index contributed by atoms with van der Waals surface area (Å²) >= 11 is 0. The predicted molar refractivity (Wildman–Crippen MR) is 64.9 cm³/mol. The lowest BCUT2D eigenvalue weighted by atomic mass is 10.0. The molecule has 0 radical (unpaired) electrons. The first-order valence-electron chi connectivity index (χ1n) is 5.93. The molecule has 0 aliphatic heterocycles. The highest BCUT2D eigenvalue weighted by Gasteiger charge is 2.05. The van der Waals surface area contributed by atoms with Crippen LogP contribution in [0.4, 0.5) is 0 Å². The van der Waals surface area contributed by atoms with Gasteiger partial charge in [0.1, 0.15) is 0 Å². The molecule has 15 heavy (non-hydrogen) atoms. The van der Waals surface area contributed by atoms with Crippen LogP contribution in [0.15, 0.2) is 24.5 Å². The zero-order chi connectivity index (χ0) is 10.9. The van der Waals surface area contributed by atoms with Crippen molar-refractivity contribution in [2.45, 2.75) is 45.1 Å². The molecule has 0 amide bonds. The van der Waals surface area contributed by atoms with Gasteiger partial charge < -0.3 is 5.32 Å². The highest BCUT2D eigenvalue weighted by Crippen LogP contribution is 2.08. The highest BCUT2D eigenvalue weighted by atomic mass is 14.9. The number of hydrogen-bond donors (Lipinski definition) is 1. The molecule has 0 bridgehead atoms. The van der Waals surface area contributed by atoms with Gasteiger partial charge in [-0.05, 0) is 37.9 Å². The van der Waals surface area contributed by atoms with Crippen molar-refractivity contribution in [3.05, 3.63) is 30.1 Å². The van der Waals surface area contributed by atoms with E-state index >= 15 is 0 Å². The van der Waals surface area contributed by atoms with Crippen LogP contribution in [-0.2, 0) is 6.42 Å². The Labute approximate surface area is 93.1 Å². The minimum Gasteiger partial charge on any atom is -0.317 e. The molecule has 1 unspecified atom stereocenters. The Balaban J connectivity index is 2.28. The van der Waals surface area contributed by atoms with Crippen molar-refractivity contribution < 1.29 is 0 Å². The van der Waals surface area contributed by atoms with E-state index in [2.05, 4.69) is 30.3 Å². The lowest BCUT2D eigenvalue weighted by Gasteiger charge is -2.15. The molecule has 1 atom stereocenters. The third-order valence-electron chi connectivity index (χ3n) is 2.82. The predicted octanol–water partition coefficient (Wildman–Crippen LogP) is 2.79. The highest BCUT2D eigenvalue weighted by molar-refractivity contribution is 5.08. The van der Waals surface area contributed by atoms with Crippen LogP contribution in [0.2, 0.25) is 0 Å². The minimum atomic E-state index is 0.658. The van der Waals surface area contributed by atoms with Gasteiger partial charge in [-0.2, -0.15) is 0 Å². The normalized spacial score (nSPS) is 12.7. The van der Waals surface area contributed by atoms with E-state index in [1.807, 2.05) is 18.5 Å². The van der Waals surface area contributed by atoms with Crippen LogP contribution in [0.25, 0.3) is 0 Å². The summed E-state index contributed by atoms with van der Waals surface area (Å²) in [6, 6.07) is 4.82. The third-order valence-corrected chi connectivity index (χ3v) is 2.82. The van der Waals surface area contributed by atoms with Crippen molar-refractivity contribution in [2.75, 3.05) is 7.05 Å². The van der Waals surface area contributed by atoms with E-state index in [1.165, 1.54) is 31.2 Å². The van der Waals surface area contributed by atoms with E-state index < -0.39 is 0 Å². The third kappa shape index (κ3) is 4.93. The molecule has 0 saturated heterocycles. The second-order valence-electron chi connectivity index (χ2n) is 4.03. The van der Waals surface area contributed by atoms with Gasteiger partial charge in [-0.15, -0.1) is 0 Å². The first-order valence-corrected chi connectivity index (χ1v) is 5.93. The topological polar surface area (TPSA) is 24.9 Å². The van der Waals surface area contributed by atoms with E-state index in [0.29, 0.717) is 6.04 Å². The van der Waals surface area contributed by atoms with Crippen LogP contribution < -0.4 is 5.32 Å². The van der Waals surface area contributed by atoms with Gasteiger partial charge in [0.15, 0.2) is 0 Å². The van der Waals surface area contributed by atoms with Crippen LogP contribution >= 0.6 is 0 Å². The van der Waals surface area contributed by atoms with E-state index in [9.17, 15) is 0 Å². The van der Waals surface area contributed by atoms with Gasteiger partial charge in [0.05, 0.1) is 0 Å². The Kier molecular flexibility index (Phi) is 6.02. The fraction of sp³-hybridized carbons (Fsp3) is 0.615. The van der Waals surface area contributed by atoms with Gasteiger partial charge in [-0.1, -0.05) is 25.8 Å². The molecule has 84 valence electrons. The Morgan fingerprint density at radius 2 is 2.27 bits per heavy atom. The molecular weight excluding hydrogens is 184 g/mol. The Hall–Kier alpha value is -0.890. The molecule has 0 aliphatic carbocycles. The van der Waals surface area contributed by atoms with E-state index in [1.54, 1.807) is 0 Å². The Morgan fingerprint density at radius 3 is 2.87 bits per heavy atom. The largest absolute Gasteiger partial charge is 0.317 e. The number of nitrogens with one attached hydrogen (secondary N) is 1. The smallest absolute Gasteiger partial charge is 0.0299 e. The molecule has 0 spiro atoms. The Bertz CT molecular complexity index is 246. The molecule has 1 N–H and O–H groups in total.